The third-order valence-corrected chi connectivity index (χ3v) is 5.55. The Balaban J connectivity index is 1.66. The lowest BCUT2D eigenvalue weighted by molar-refractivity contribution is -0.126. The molecule has 8 heteroatoms. The summed E-state index contributed by atoms with van der Waals surface area (Å²) < 4.78 is 29.8. The summed E-state index contributed by atoms with van der Waals surface area (Å²) in [4.78, 5) is 14.5. The van der Waals surface area contributed by atoms with E-state index in [0.29, 0.717) is 19.6 Å². The largest absolute Gasteiger partial charge is 0.379 e. The van der Waals surface area contributed by atoms with E-state index >= 15 is 0 Å². The number of sulfonamides is 1. The van der Waals surface area contributed by atoms with Crippen LogP contribution in [0.3, 0.4) is 0 Å². The lowest BCUT2D eigenvalue weighted by atomic mass is 9.99. The van der Waals surface area contributed by atoms with E-state index in [1.165, 1.54) is 10.6 Å². The molecule has 0 saturated carbocycles. The van der Waals surface area contributed by atoms with E-state index in [1.54, 1.807) is 0 Å². The maximum absolute atomic E-state index is 12.2. The Morgan fingerprint density at radius 2 is 2.00 bits per heavy atom. The van der Waals surface area contributed by atoms with Gasteiger partial charge in [0.25, 0.3) is 0 Å². The number of carbonyl (C=O) groups is 1. The molecule has 0 aromatic rings. The Kier molecular flexibility index (Phi) is 6.61. The molecule has 128 valence electrons. The summed E-state index contributed by atoms with van der Waals surface area (Å²) in [5.74, 6) is -0.234. The Bertz CT molecular complexity index is 463. The summed E-state index contributed by atoms with van der Waals surface area (Å²) in [5, 5.41) is 2.95. The molecule has 1 N–H and O–H groups in total. The van der Waals surface area contributed by atoms with Crippen LogP contribution in [0.25, 0.3) is 0 Å². The molecule has 0 aliphatic carbocycles. The number of nitrogens with one attached hydrogen (secondary N) is 1. The Hall–Kier alpha value is -0.700. The van der Waals surface area contributed by atoms with Gasteiger partial charge in [-0.25, -0.2) is 12.7 Å². The molecule has 2 aliphatic rings. The molecule has 0 bridgehead atoms. The van der Waals surface area contributed by atoms with E-state index in [4.69, 9.17) is 4.74 Å². The van der Waals surface area contributed by atoms with Crippen LogP contribution in [0, 0.1) is 5.92 Å². The minimum Gasteiger partial charge on any atom is -0.379 e. The fourth-order valence-corrected chi connectivity index (χ4v) is 3.85. The van der Waals surface area contributed by atoms with Crippen molar-refractivity contribution in [1.82, 2.24) is 14.5 Å². The molecule has 2 rings (SSSR count). The Labute approximate surface area is 133 Å². The summed E-state index contributed by atoms with van der Waals surface area (Å²) in [5.41, 5.74) is 0. The Morgan fingerprint density at radius 3 is 2.68 bits per heavy atom. The van der Waals surface area contributed by atoms with Gasteiger partial charge in [-0.1, -0.05) is 0 Å². The number of carbonyl (C=O) groups excluding carboxylic acids is 1. The Morgan fingerprint density at radius 1 is 1.27 bits per heavy atom. The van der Waals surface area contributed by atoms with Gasteiger partial charge in [-0.05, 0) is 25.8 Å². The summed E-state index contributed by atoms with van der Waals surface area (Å²) in [6.45, 7) is 5.94. The second kappa shape index (κ2) is 8.24. The molecule has 0 aromatic heterocycles. The van der Waals surface area contributed by atoms with E-state index in [-0.39, 0.29) is 11.8 Å². The first kappa shape index (κ1) is 17.7. The van der Waals surface area contributed by atoms with Crippen LogP contribution in [-0.4, -0.2) is 82.3 Å². The normalized spacial score (nSPS) is 25.0. The molecular weight excluding hydrogens is 306 g/mol. The van der Waals surface area contributed by atoms with Gasteiger partial charge in [0.15, 0.2) is 0 Å². The van der Waals surface area contributed by atoms with Crippen LogP contribution in [0.15, 0.2) is 0 Å². The van der Waals surface area contributed by atoms with Crippen LogP contribution in [0.4, 0.5) is 0 Å². The molecule has 1 atom stereocenters. The highest BCUT2D eigenvalue weighted by molar-refractivity contribution is 7.88. The maximum atomic E-state index is 12.2. The number of amides is 1. The van der Waals surface area contributed by atoms with Crippen LogP contribution in [0.5, 0.6) is 0 Å². The van der Waals surface area contributed by atoms with Gasteiger partial charge in [0.2, 0.25) is 15.9 Å². The minimum absolute atomic E-state index is 0.0182. The molecule has 2 heterocycles. The number of hydrogen-bond acceptors (Lipinski definition) is 5. The first-order valence-corrected chi connectivity index (χ1v) is 9.84. The molecule has 0 radical (unpaired) electrons. The van der Waals surface area contributed by atoms with E-state index < -0.39 is 10.0 Å². The standard InChI is InChI=1S/C14H27N3O4S/c1-22(19,20)17-7-2-4-13(12-17)14(18)15-5-3-6-16-8-10-21-11-9-16/h13H,2-12H2,1H3,(H,15,18)/t13-/m1/s1. The molecular formula is C14H27N3O4S. The van der Waals surface area contributed by atoms with Crippen LogP contribution >= 0.6 is 0 Å². The monoisotopic (exact) mass is 333 g/mol. The highest BCUT2D eigenvalue weighted by atomic mass is 32.2. The topological polar surface area (TPSA) is 79.0 Å². The molecule has 2 aliphatic heterocycles. The van der Waals surface area contributed by atoms with Crippen LogP contribution in [0.2, 0.25) is 0 Å². The third-order valence-electron chi connectivity index (χ3n) is 4.28. The van der Waals surface area contributed by atoms with E-state index in [2.05, 4.69) is 10.2 Å². The van der Waals surface area contributed by atoms with Crippen molar-refractivity contribution in [1.29, 1.82) is 0 Å². The molecule has 0 unspecified atom stereocenters. The van der Waals surface area contributed by atoms with Gasteiger partial charge in [0, 0.05) is 32.7 Å². The molecule has 2 fully saturated rings. The summed E-state index contributed by atoms with van der Waals surface area (Å²) in [7, 11) is -3.20. The average Bonchev–Trinajstić information content (AvgIpc) is 2.52. The van der Waals surface area contributed by atoms with Crippen molar-refractivity contribution in [3.8, 4) is 0 Å². The van der Waals surface area contributed by atoms with Crippen molar-refractivity contribution < 1.29 is 17.9 Å². The van der Waals surface area contributed by atoms with Crippen LogP contribution in [0.1, 0.15) is 19.3 Å². The number of hydrogen-bond donors (Lipinski definition) is 1. The molecule has 22 heavy (non-hydrogen) atoms. The van der Waals surface area contributed by atoms with Gasteiger partial charge >= 0.3 is 0 Å². The van der Waals surface area contributed by atoms with E-state index in [0.717, 1.165) is 52.1 Å². The van der Waals surface area contributed by atoms with Crippen LogP contribution < -0.4 is 5.32 Å². The fourth-order valence-electron chi connectivity index (χ4n) is 2.94. The van der Waals surface area contributed by atoms with Crippen molar-refractivity contribution in [2.24, 2.45) is 5.92 Å². The lowest BCUT2D eigenvalue weighted by Gasteiger charge is -2.30. The SMILES string of the molecule is CS(=O)(=O)N1CCC[C@@H](C(=O)NCCCN2CCOCC2)C1. The van der Waals surface area contributed by atoms with Crippen molar-refractivity contribution >= 4 is 15.9 Å². The van der Waals surface area contributed by atoms with Gasteiger partial charge in [-0.3, -0.25) is 9.69 Å². The zero-order valence-electron chi connectivity index (χ0n) is 13.3. The van der Waals surface area contributed by atoms with Crippen molar-refractivity contribution in [2.45, 2.75) is 19.3 Å². The summed E-state index contributed by atoms with van der Waals surface area (Å²) >= 11 is 0. The predicted molar refractivity (Wildman–Crippen MR) is 84.0 cm³/mol. The second-order valence-electron chi connectivity index (χ2n) is 6.06. The molecule has 0 spiro atoms. The van der Waals surface area contributed by atoms with Crippen molar-refractivity contribution in [2.75, 3.05) is 58.7 Å². The molecule has 2 saturated heterocycles. The van der Waals surface area contributed by atoms with Gasteiger partial charge in [-0.15, -0.1) is 0 Å². The maximum Gasteiger partial charge on any atom is 0.224 e. The molecule has 7 nitrogen and oxygen atoms in total. The smallest absolute Gasteiger partial charge is 0.224 e. The van der Waals surface area contributed by atoms with Gasteiger partial charge in [0.05, 0.1) is 25.4 Å². The lowest BCUT2D eigenvalue weighted by Crippen LogP contribution is -2.45. The number of morpholine rings is 1. The molecule has 1 amide bonds. The van der Waals surface area contributed by atoms with E-state index in [9.17, 15) is 13.2 Å². The summed E-state index contributed by atoms with van der Waals surface area (Å²) in [6, 6.07) is 0. The van der Waals surface area contributed by atoms with E-state index in [1.807, 2.05) is 0 Å². The first-order valence-electron chi connectivity index (χ1n) is 8.00. The second-order valence-corrected chi connectivity index (χ2v) is 8.04. The first-order chi connectivity index (χ1) is 10.5. The van der Waals surface area contributed by atoms with Crippen molar-refractivity contribution in [3.05, 3.63) is 0 Å². The number of ether oxygens (including phenoxy) is 1. The quantitative estimate of drug-likeness (QED) is 0.663. The predicted octanol–water partition coefficient (Wildman–Crippen LogP) is -0.503. The van der Waals surface area contributed by atoms with Gasteiger partial charge in [0.1, 0.15) is 0 Å². The zero-order valence-corrected chi connectivity index (χ0v) is 14.1. The van der Waals surface area contributed by atoms with Gasteiger partial charge in [-0.2, -0.15) is 0 Å². The highest BCUT2D eigenvalue weighted by Crippen LogP contribution is 2.18. The number of piperidine rings is 1. The minimum atomic E-state index is -3.20. The third kappa shape index (κ3) is 5.49. The highest BCUT2D eigenvalue weighted by Gasteiger charge is 2.29. The average molecular weight is 333 g/mol. The number of nitrogens with zero attached hydrogens (tertiary/aromatic N) is 2. The fraction of sp³-hybridized carbons (Fsp3) is 0.929. The zero-order chi connectivity index (χ0) is 16.0. The molecule has 0 aromatic carbocycles. The summed E-state index contributed by atoms with van der Waals surface area (Å²) in [6.07, 6.45) is 3.63. The van der Waals surface area contributed by atoms with Gasteiger partial charge < -0.3 is 10.1 Å². The van der Waals surface area contributed by atoms with Crippen LogP contribution in [-0.2, 0) is 19.6 Å². The number of rotatable bonds is 6. The van der Waals surface area contributed by atoms with Crippen molar-refractivity contribution in [3.63, 3.8) is 0 Å².